The van der Waals surface area contributed by atoms with E-state index in [0.29, 0.717) is 5.71 Å². The summed E-state index contributed by atoms with van der Waals surface area (Å²) < 4.78 is 1.21. The van der Waals surface area contributed by atoms with Crippen LogP contribution in [0.25, 0.3) is 10.8 Å². The Balaban J connectivity index is 1.81. The van der Waals surface area contributed by atoms with Crippen molar-refractivity contribution in [2.45, 2.75) is 12.8 Å². The molecule has 4 rings (SSSR count). The van der Waals surface area contributed by atoms with E-state index in [4.69, 9.17) is 0 Å². The number of benzene rings is 2. The lowest BCUT2D eigenvalue weighted by Crippen LogP contribution is -2.21. The van der Waals surface area contributed by atoms with E-state index in [9.17, 15) is 4.79 Å². The second-order valence-corrected chi connectivity index (χ2v) is 7.03. The Kier molecular flexibility index (Phi) is 3.56. The average molecular weight is 414 g/mol. The van der Waals surface area contributed by atoms with E-state index < -0.39 is 0 Å². The lowest BCUT2D eigenvalue weighted by Gasteiger charge is -2.12. The molecule has 3 nitrogen and oxygen atoms in total. The van der Waals surface area contributed by atoms with Crippen LogP contribution < -0.4 is 0 Å². The lowest BCUT2D eigenvalue weighted by molar-refractivity contribution is -0.120. The minimum Gasteiger partial charge on any atom is -0.310 e. The smallest absolute Gasteiger partial charge is 0.277 e. The molecule has 1 fully saturated rings. The SMILES string of the molecule is CN1C(=O)C(=Nc2ccc3cc(I)ccc3c2)C2=CCCC=C21. The molecule has 1 heterocycles. The van der Waals surface area contributed by atoms with Crippen LogP contribution in [0.15, 0.2) is 64.8 Å². The molecule has 2 aliphatic rings. The molecule has 4 heteroatoms. The summed E-state index contributed by atoms with van der Waals surface area (Å²) in [6, 6.07) is 12.4. The van der Waals surface area contributed by atoms with E-state index in [1.165, 1.54) is 8.96 Å². The Labute approximate surface area is 148 Å². The van der Waals surface area contributed by atoms with E-state index in [-0.39, 0.29) is 5.91 Å². The first-order valence-corrected chi connectivity index (χ1v) is 8.68. The van der Waals surface area contributed by atoms with Gasteiger partial charge in [0, 0.05) is 21.9 Å². The number of likely N-dealkylation sites (tertiary alicyclic amines) is 1. The average Bonchev–Trinajstić information content (AvgIpc) is 2.80. The van der Waals surface area contributed by atoms with Crippen LogP contribution in [-0.2, 0) is 4.79 Å². The summed E-state index contributed by atoms with van der Waals surface area (Å²) in [5.41, 5.74) is 3.35. The van der Waals surface area contributed by atoms with Crippen LogP contribution in [0.4, 0.5) is 5.69 Å². The van der Waals surface area contributed by atoms with Gasteiger partial charge >= 0.3 is 0 Å². The third kappa shape index (κ3) is 2.51. The Morgan fingerprint density at radius 1 is 1.04 bits per heavy atom. The van der Waals surface area contributed by atoms with E-state index in [1.54, 1.807) is 4.90 Å². The molecule has 0 unspecified atom stereocenters. The summed E-state index contributed by atoms with van der Waals surface area (Å²) in [5.74, 6) is -0.0212. The van der Waals surface area contributed by atoms with Crippen LogP contribution >= 0.6 is 22.6 Å². The van der Waals surface area contributed by atoms with E-state index >= 15 is 0 Å². The van der Waals surface area contributed by atoms with Crippen molar-refractivity contribution in [1.29, 1.82) is 0 Å². The van der Waals surface area contributed by atoms with Gasteiger partial charge < -0.3 is 4.90 Å². The molecule has 0 bridgehead atoms. The first-order valence-electron chi connectivity index (χ1n) is 7.60. The zero-order valence-electron chi connectivity index (χ0n) is 12.7. The van der Waals surface area contributed by atoms with Gasteiger partial charge in [0.05, 0.1) is 5.69 Å². The zero-order valence-corrected chi connectivity index (χ0v) is 14.9. The number of likely N-dealkylation sites (N-methyl/N-ethyl adjacent to an activating group) is 1. The maximum absolute atomic E-state index is 12.5. The number of amides is 1. The molecule has 2 aromatic carbocycles. The summed E-state index contributed by atoms with van der Waals surface area (Å²) in [6.45, 7) is 0. The third-order valence-electron chi connectivity index (χ3n) is 4.28. The number of allylic oxidation sites excluding steroid dienone is 3. The fourth-order valence-electron chi connectivity index (χ4n) is 3.09. The van der Waals surface area contributed by atoms with Gasteiger partial charge in [-0.3, -0.25) is 4.79 Å². The van der Waals surface area contributed by atoms with Crippen LogP contribution in [0.1, 0.15) is 12.8 Å². The van der Waals surface area contributed by atoms with Crippen molar-refractivity contribution in [2.75, 3.05) is 7.05 Å². The van der Waals surface area contributed by atoms with E-state index in [0.717, 1.165) is 35.2 Å². The number of rotatable bonds is 1. The van der Waals surface area contributed by atoms with Crippen LogP contribution in [0.5, 0.6) is 0 Å². The molecule has 1 saturated heterocycles. The number of carbonyl (C=O) groups is 1. The normalized spacial score (nSPS) is 19.1. The number of halogens is 1. The zero-order chi connectivity index (χ0) is 16.0. The fourth-order valence-corrected chi connectivity index (χ4v) is 3.61. The number of hydrogen-bond donors (Lipinski definition) is 0. The van der Waals surface area contributed by atoms with Crippen molar-refractivity contribution < 1.29 is 4.79 Å². The van der Waals surface area contributed by atoms with Crippen molar-refractivity contribution in [2.24, 2.45) is 4.99 Å². The van der Waals surface area contributed by atoms with Gasteiger partial charge in [-0.25, -0.2) is 4.99 Å². The van der Waals surface area contributed by atoms with Gasteiger partial charge in [-0.15, -0.1) is 0 Å². The van der Waals surface area contributed by atoms with Crippen molar-refractivity contribution in [3.8, 4) is 0 Å². The van der Waals surface area contributed by atoms with Gasteiger partial charge in [0.2, 0.25) is 0 Å². The molecule has 114 valence electrons. The van der Waals surface area contributed by atoms with E-state index in [1.807, 2.05) is 19.2 Å². The first kappa shape index (κ1) is 14.6. The molecular weight excluding hydrogens is 399 g/mol. The number of aliphatic imine (C=N–C) groups is 1. The maximum Gasteiger partial charge on any atom is 0.277 e. The highest BCUT2D eigenvalue weighted by atomic mass is 127. The Morgan fingerprint density at radius 3 is 2.65 bits per heavy atom. The van der Waals surface area contributed by atoms with Crippen LogP contribution in [-0.4, -0.2) is 23.6 Å². The van der Waals surface area contributed by atoms with Gasteiger partial charge in [0.25, 0.3) is 5.91 Å². The number of nitrogens with zero attached hydrogens (tertiary/aromatic N) is 2. The standard InChI is InChI=1S/C19H15IN2O/c1-22-17-5-3-2-4-16(17)18(19(22)23)21-15-9-7-12-10-14(20)8-6-13(12)11-15/h4-11H,2-3H2,1H3. The maximum atomic E-state index is 12.5. The monoisotopic (exact) mass is 414 g/mol. The minimum atomic E-state index is -0.0212. The van der Waals surface area contributed by atoms with Gasteiger partial charge in [0.15, 0.2) is 0 Å². The molecule has 0 spiro atoms. The summed E-state index contributed by atoms with van der Waals surface area (Å²) in [6.07, 6.45) is 6.20. The molecule has 0 atom stereocenters. The van der Waals surface area contributed by atoms with Crippen LogP contribution in [0.2, 0.25) is 0 Å². The minimum absolute atomic E-state index is 0.0212. The van der Waals surface area contributed by atoms with Crippen molar-refractivity contribution >= 4 is 50.7 Å². The second kappa shape index (κ2) is 5.60. The highest BCUT2D eigenvalue weighted by molar-refractivity contribution is 14.1. The highest BCUT2D eigenvalue weighted by Crippen LogP contribution is 2.32. The van der Waals surface area contributed by atoms with Gasteiger partial charge in [-0.05, 0) is 70.5 Å². The molecular formula is C19H15IN2O. The predicted octanol–water partition coefficient (Wildman–Crippen LogP) is 4.59. The molecule has 1 aliphatic heterocycles. The van der Waals surface area contributed by atoms with Crippen molar-refractivity contribution in [1.82, 2.24) is 4.90 Å². The molecule has 0 saturated carbocycles. The second-order valence-electron chi connectivity index (χ2n) is 5.78. The summed E-state index contributed by atoms with van der Waals surface area (Å²) in [4.78, 5) is 18.9. The molecule has 0 aromatic heterocycles. The Morgan fingerprint density at radius 2 is 1.78 bits per heavy atom. The quantitative estimate of drug-likeness (QED) is 0.629. The topological polar surface area (TPSA) is 32.7 Å². The summed E-state index contributed by atoms with van der Waals surface area (Å²) >= 11 is 2.31. The van der Waals surface area contributed by atoms with Crippen LogP contribution in [0, 0.1) is 3.57 Å². The van der Waals surface area contributed by atoms with Crippen molar-refractivity contribution in [3.05, 3.63) is 63.4 Å². The molecule has 2 aromatic rings. The van der Waals surface area contributed by atoms with Gasteiger partial charge in [-0.2, -0.15) is 0 Å². The Bertz CT molecular complexity index is 924. The lowest BCUT2D eigenvalue weighted by atomic mass is 10.0. The van der Waals surface area contributed by atoms with Gasteiger partial charge in [-0.1, -0.05) is 24.3 Å². The van der Waals surface area contributed by atoms with Crippen LogP contribution in [0.3, 0.4) is 0 Å². The fraction of sp³-hybridized carbons (Fsp3) is 0.158. The predicted molar refractivity (Wildman–Crippen MR) is 102 cm³/mol. The Hall–Kier alpha value is -1.95. The number of hydrogen-bond acceptors (Lipinski definition) is 2. The molecule has 23 heavy (non-hydrogen) atoms. The van der Waals surface area contributed by atoms with E-state index in [2.05, 4.69) is 64.0 Å². The number of fused-ring (bicyclic) bond motifs is 2. The number of carbonyl (C=O) groups excluding carboxylic acids is 1. The first-order chi connectivity index (χ1) is 11.1. The molecule has 0 N–H and O–H groups in total. The largest absolute Gasteiger partial charge is 0.310 e. The van der Waals surface area contributed by atoms with Crippen molar-refractivity contribution in [3.63, 3.8) is 0 Å². The highest BCUT2D eigenvalue weighted by Gasteiger charge is 2.35. The summed E-state index contributed by atoms with van der Waals surface area (Å²) in [7, 11) is 1.82. The van der Waals surface area contributed by atoms with Gasteiger partial charge in [0.1, 0.15) is 5.71 Å². The molecule has 1 amide bonds. The molecule has 0 radical (unpaired) electrons. The molecule has 1 aliphatic carbocycles. The third-order valence-corrected chi connectivity index (χ3v) is 4.95. The summed E-state index contributed by atoms with van der Waals surface area (Å²) in [5, 5.41) is 2.33.